The van der Waals surface area contributed by atoms with Gasteiger partial charge in [0.05, 0.1) is 5.56 Å². The monoisotopic (exact) mass is 249 g/mol. The van der Waals surface area contributed by atoms with Gasteiger partial charge in [0, 0.05) is 11.7 Å². The first kappa shape index (κ1) is 13.3. The molecule has 1 saturated carbocycles. The van der Waals surface area contributed by atoms with Crippen molar-refractivity contribution in [3.8, 4) is 0 Å². The summed E-state index contributed by atoms with van der Waals surface area (Å²) >= 11 is 0. The van der Waals surface area contributed by atoms with E-state index in [1.807, 2.05) is 20.8 Å². The first-order chi connectivity index (χ1) is 8.58. The zero-order valence-electron chi connectivity index (χ0n) is 11.5. The minimum Gasteiger partial charge on any atom is -0.310 e. The molecule has 1 aromatic rings. The second kappa shape index (κ2) is 5.65. The van der Waals surface area contributed by atoms with Crippen LogP contribution in [0.5, 0.6) is 0 Å². The summed E-state index contributed by atoms with van der Waals surface area (Å²) in [6, 6.07) is 0.0704. The van der Waals surface area contributed by atoms with Crippen LogP contribution in [0.4, 0.5) is 0 Å². The zero-order chi connectivity index (χ0) is 13.1. The third-order valence-corrected chi connectivity index (χ3v) is 3.63. The van der Waals surface area contributed by atoms with Crippen molar-refractivity contribution in [2.24, 2.45) is 5.92 Å². The third-order valence-electron chi connectivity index (χ3n) is 3.63. The maximum absolute atomic E-state index is 11.9. The summed E-state index contributed by atoms with van der Waals surface area (Å²) in [6.45, 7) is 6.72. The van der Waals surface area contributed by atoms with Gasteiger partial charge in [-0.15, -0.1) is 0 Å². The lowest BCUT2D eigenvalue weighted by atomic mass is 10.1. The summed E-state index contributed by atoms with van der Waals surface area (Å²) in [4.78, 5) is 19.0. The number of hydrogen-bond donors (Lipinski definition) is 2. The molecular formula is C14H23N3O. The van der Waals surface area contributed by atoms with Crippen LogP contribution < -0.4 is 10.9 Å². The summed E-state index contributed by atoms with van der Waals surface area (Å²) in [6.07, 6.45) is 5.35. The SMILES string of the molecule is Cc1nc(C)c(C(C)NCCCC2CC2)c(=O)[nH]1. The first-order valence-electron chi connectivity index (χ1n) is 6.88. The first-order valence-corrected chi connectivity index (χ1v) is 6.88. The lowest BCUT2D eigenvalue weighted by Gasteiger charge is -2.15. The van der Waals surface area contributed by atoms with Gasteiger partial charge >= 0.3 is 0 Å². The van der Waals surface area contributed by atoms with Crippen LogP contribution in [-0.2, 0) is 0 Å². The molecule has 1 aliphatic rings. The molecule has 4 heteroatoms. The summed E-state index contributed by atoms with van der Waals surface area (Å²) in [7, 11) is 0. The second-order valence-corrected chi connectivity index (χ2v) is 5.41. The van der Waals surface area contributed by atoms with Gasteiger partial charge < -0.3 is 10.3 Å². The van der Waals surface area contributed by atoms with Gasteiger partial charge in [0.1, 0.15) is 5.82 Å². The Morgan fingerprint density at radius 1 is 1.44 bits per heavy atom. The number of rotatable bonds is 6. The van der Waals surface area contributed by atoms with Crippen LogP contribution in [0.3, 0.4) is 0 Å². The molecule has 4 nitrogen and oxygen atoms in total. The third kappa shape index (κ3) is 3.42. The maximum atomic E-state index is 11.9. The molecule has 2 rings (SSSR count). The highest BCUT2D eigenvalue weighted by molar-refractivity contribution is 5.19. The van der Waals surface area contributed by atoms with Gasteiger partial charge in [-0.25, -0.2) is 4.98 Å². The molecule has 0 amide bonds. The van der Waals surface area contributed by atoms with E-state index in [1.54, 1.807) is 0 Å². The van der Waals surface area contributed by atoms with Gasteiger partial charge in [0.15, 0.2) is 0 Å². The normalized spacial score (nSPS) is 16.8. The van der Waals surface area contributed by atoms with Crippen LogP contribution in [0, 0.1) is 19.8 Å². The number of H-pyrrole nitrogens is 1. The van der Waals surface area contributed by atoms with Crippen LogP contribution in [0.1, 0.15) is 55.7 Å². The van der Waals surface area contributed by atoms with Crippen molar-refractivity contribution < 1.29 is 0 Å². The van der Waals surface area contributed by atoms with Gasteiger partial charge in [-0.05, 0) is 46.1 Å². The largest absolute Gasteiger partial charge is 0.310 e. The molecule has 1 aliphatic carbocycles. The van der Waals surface area contributed by atoms with E-state index < -0.39 is 0 Å². The molecule has 1 atom stereocenters. The maximum Gasteiger partial charge on any atom is 0.255 e. The van der Waals surface area contributed by atoms with Crippen molar-refractivity contribution in [3.05, 3.63) is 27.4 Å². The van der Waals surface area contributed by atoms with Crippen molar-refractivity contribution in [2.75, 3.05) is 6.54 Å². The highest BCUT2D eigenvalue weighted by Crippen LogP contribution is 2.33. The molecule has 0 saturated heterocycles. The van der Waals surface area contributed by atoms with E-state index in [9.17, 15) is 4.79 Å². The minimum absolute atomic E-state index is 0.0119. The van der Waals surface area contributed by atoms with E-state index in [4.69, 9.17) is 0 Å². The molecule has 0 radical (unpaired) electrons. The van der Waals surface area contributed by atoms with Gasteiger partial charge in [0.2, 0.25) is 0 Å². The molecule has 1 unspecified atom stereocenters. The minimum atomic E-state index is -0.0119. The quantitative estimate of drug-likeness (QED) is 0.760. The Labute approximate surface area is 108 Å². The van der Waals surface area contributed by atoms with Crippen molar-refractivity contribution in [3.63, 3.8) is 0 Å². The molecule has 100 valence electrons. The van der Waals surface area contributed by atoms with Crippen molar-refractivity contribution in [1.29, 1.82) is 0 Å². The molecule has 0 bridgehead atoms. The van der Waals surface area contributed by atoms with Crippen molar-refractivity contribution in [2.45, 2.75) is 52.5 Å². The Hall–Kier alpha value is -1.16. The predicted octanol–water partition coefficient (Wildman–Crippen LogP) is 2.23. The molecule has 1 heterocycles. The highest BCUT2D eigenvalue weighted by atomic mass is 16.1. The van der Waals surface area contributed by atoms with Crippen molar-refractivity contribution in [1.82, 2.24) is 15.3 Å². The molecular weight excluding hydrogens is 226 g/mol. The lowest BCUT2D eigenvalue weighted by molar-refractivity contribution is 0.526. The topological polar surface area (TPSA) is 57.8 Å². The smallest absolute Gasteiger partial charge is 0.255 e. The summed E-state index contributed by atoms with van der Waals surface area (Å²) < 4.78 is 0. The number of aromatic amines is 1. The number of aromatic nitrogens is 2. The summed E-state index contributed by atoms with van der Waals surface area (Å²) in [5.41, 5.74) is 1.59. The predicted molar refractivity (Wildman–Crippen MR) is 72.7 cm³/mol. The fraction of sp³-hybridized carbons (Fsp3) is 0.714. The Kier molecular flexibility index (Phi) is 4.17. The van der Waals surface area contributed by atoms with E-state index in [2.05, 4.69) is 15.3 Å². The average Bonchev–Trinajstić information content (AvgIpc) is 3.06. The zero-order valence-corrected chi connectivity index (χ0v) is 11.5. The Morgan fingerprint density at radius 2 is 2.17 bits per heavy atom. The van der Waals surface area contributed by atoms with E-state index in [0.717, 1.165) is 23.7 Å². The fourth-order valence-electron chi connectivity index (χ4n) is 2.46. The fourth-order valence-corrected chi connectivity index (χ4v) is 2.46. The van der Waals surface area contributed by atoms with Gasteiger partial charge in [-0.2, -0.15) is 0 Å². The Balaban J connectivity index is 1.90. The molecule has 0 aromatic carbocycles. The van der Waals surface area contributed by atoms with Gasteiger partial charge in [-0.1, -0.05) is 12.8 Å². The second-order valence-electron chi connectivity index (χ2n) is 5.41. The van der Waals surface area contributed by atoms with E-state index >= 15 is 0 Å². The summed E-state index contributed by atoms with van der Waals surface area (Å²) in [5, 5.41) is 3.42. The van der Waals surface area contributed by atoms with Crippen LogP contribution in [0.2, 0.25) is 0 Å². The average molecular weight is 249 g/mol. The van der Waals surface area contributed by atoms with Crippen LogP contribution in [0.25, 0.3) is 0 Å². The van der Waals surface area contributed by atoms with Gasteiger partial charge in [0.25, 0.3) is 5.56 Å². The lowest BCUT2D eigenvalue weighted by Crippen LogP contribution is -2.28. The summed E-state index contributed by atoms with van der Waals surface area (Å²) in [5.74, 6) is 1.66. The Morgan fingerprint density at radius 3 is 2.78 bits per heavy atom. The molecule has 1 fully saturated rings. The molecule has 0 aliphatic heterocycles. The molecule has 0 spiro atoms. The van der Waals surface area contributed by atoms with Crippen LogP contribution >= 0.6 is 0 Å². The van der Waals surface area contributed by atoms with Crippen LogP contribution in [-0.4, -0.2) is 16.5 Å². The number of nitrogens with one attached hydrogen (secondary N) is 2. The number of aryl methyl sites for hydroxylation is 2. The van der Waals surface area contributed by atoms with Crippen LogP contribution in [0.15, 0.2) is 4.79 Å². The Bertz CT molecular complexity index is 463. The molecule has 2 N–H and O–H groups in total. The standard InChI is InChI=1S/C14H23N3O/c1-9(15-8-4-5-12-6-7-12)13-10(2)16-11(3)17-14(13)18/h9,12,15H,4-8H2,1-3H3,(H,16,17,18). The molecule has 1 aromatic heterocycles. The number of hydrogen-bond acceptors (Lipinski definition) is 3. The van der Waals surface area contributed by atoms with E-state index in [0.29, 0.717) is 5.82 Å². The van der Waals surface area contributed by atoms with E-state index in [-0.39, 0.29) is 11.6 Å². The number of nitrogens with zero attached hydrogens (tertiary/aromatic N) is 1. The molecule has 18 heavy (non-hydrogen) atoms. The van der Waals surface area contributed by atoms with E-state index in [1.165, 1.54) is 25.7 Å². The van der Waals surface area contributed by atoms with Crippen molar-refractivity contribution >= 4 is 0 Å². The highest BCUT2D eigenvalue weighted by Gasteiger charge is 2.20. The van der Waals surface area contributed by atoms with Gasteiger partial charge in [-0.3, -0.25) is 4.79 Å².